The van der Waals surface area contributed by atoms with Gasteiger partial charge in [0.25, 0.3) is 0 Å². The maximum atomic E-state index is 9.58. The van der Waals surface area contributed by atoms with E-state index in [9.17, 15) is 10.4 Å². The minimum atomic E-state index is 0.234. The number of rotatable bonds is 7. The zero-order chi connectivity index (χ0) is 22.6. The molecule has 31 heavy (non-hydrogen) atoms. The van der Waals surface area contributed by atoms with Crippen LogP contribution in [0.25, 0.3) is 0 Å². The van der Waals surface area contributed by atoms with Crippen molar-refractivity contribution in [2.24, 2.45) is 0 Å². The van der Waals surface area contributed by atoms with Crippen LogP contribution in [0.1, 0.15) is 55.0 Å². The van der Waals surface area contributed by atoms with Crippen molar-refractivity contribution in [3.8, 4) is 23.7 Å². The zero-order valence-electron chi connectivity index (χ0n) is 18.7. The zero-order valence-corrected chi connectivity index (χ0v) is 18.7. The number of allylic oxidation sites excluding steroid dienone is 5. The van der Waals surface area contributed by atoms with E-state index in [-0.39, 0.29) is 5.75 Å². The van der Waals surface area contributed by atoms with Crippen molar-refractivity contribution in [3.05, 3.63) is 99.9 Å². The fraction of sp³-hybridized carbons (Fsp3) is 0.250. The number of phenolic OH excluding ortho intramolecular Hbond substituents is 1. The number of aryl methyl sites for hydroxylation is 2. The number of nitrogens with zero attached hydrogens (tertiary/aromatic N) is 1. The van der Waals surface area contributed by atoms with Gasteiger partial charge in [-0.05, 0) is 100 Å². The molecule has 0 radical (unpaired) electrons. The lowest BCUT2D eigenvalue weighted by molar-refractivity contribution is 0.220. The third kappa shape index (κ3) is 7.92. The molecule has 2 rings (SSSR count). The predicted molar refractivity (Wildman–Crippen MR) is 127 cm³/mol. The van der Waals surface area contributed by atoms with Gasteiger partial charge in [0.2, 0.25) is 0 Å². The molecule has 2 aromatic carbocycles. The molecule has 0 spiro atoms. The Labute approximate surface area is 186 Å². The van der Waals surface area contributed by atoms with Crippen molar-refractivity contribution in [3.63, 3.8) is 0 Å². The third-order valence-corrected chi connectivity index (χ3v) is 4.55. The lowest BCUT2D eigenvalue weighted by Crippen LogP contribution is -1.98. The van der Waals surface area contributed by atoms with Crippen LogP contribution in [0.2, 0.25) is 0 Å². The Hall–Kier alpha value is -3.69. The Kier molecular flexibility index (Phi) is 9.21. The van der Waals surface area contributed by atoms with Crippen molar-refractivity contribution < 1.29 is 9.84 Å². The van der Waals surface area contributed by atoms with Gasteiger partial charge in [-0.15, -0.1) is 0 Å². The lowest BCUT2D eigenvalue weighted by Gasteiger charge is -2.09. The van der Waals surface area contributed by atoms with Crippen molar-refractivity contribution >= 4 is 0 Å². The standard InChI is InChI=1S/C28H29NO2/c1-5-7-28(16-9-21(2)3)31-17-6-8-26-19-23(20-29)10-11-25(26)13-12-24-14-15-27(30)18-22(24)4/h5,7,9-11,14-16,18-19,30H,6,8,17H2,1-4H3/b7-5-,28-16+. The maximum absolute atomic E-state index is 9.58. The van der Waals surface area contributed by atoms with Gasteiger partial charge in [0.15, 0.2) is 0 Å². The number of ether oxygens (including phenoxy) is 1. The minimum absolute atomic E-state index is 0.234. The van der Waals surface area contributed by atoms with E-state index >= 15 is 0 Å². The van der Waals surface area contributed by atoms with E-state index in [2.05, 4.69) is 17.9 Å². The largest absolute Gasteiger partial charge is 0.508 e. The van der Waals surface area contributed by atoms with Gasteiger partial charge < -0.3 is 9.84 Å². The second-order valence-corrected chi connectivity index (χ2v) is 7.50. The molecule has 0 unspecified atom stereocenters. The van der Waals surface area contributed by atoms with E-state index in [1.54, 1.807) is 18.2 Å². The number of phenols is 1. The molecule has 0 aliphatic rings. The van der Waals surface area contributed by atoms with Crippen molar-refractivity contribution in [2.75, 3.05) is 6.61 Å². The molecular weight excluding hydrogens is 382 g/mol. The van der Waals surface area contributed by atoms with Crippen LogP contribution in [-0.2, 0) is 11.2 Å². The number of hydrogen-bond donors (Lipinski definition) is 1. The van der Waals surface area contributed by atoms with Crippen molar-refractivity contribution in [2.45, 2.75) is 40.5 Å². The van der Waals surface area contributed by atoms with E-state index < -0.39 is 0 Å². The van der Waals surface area contributed by atoms with Crippen LogP contribution in [0, 0.1) is 30.1 Å². The summed E-state index contributed by atoms with van der Waals surface area (Å²) in [6.45, 7) is 8.57. The predicted octanol–water partition coefficient (Wildman–Crippen LogP) is 6.35. The SMILES string of the molecule is C/C=C\C(=C/C=C(C)C)OCCCc1cc(C#N)ccc1C#Cc1ccc(O)cc1C. The quantitative estimate of drug-likeness (QED) is 0.250. The molecule has 0 amide bonds. The summed E-state index contributed by atoms with van der Waals surface area (Å²) >= 11 is 0. The highest BCUT2D eigenvalue weighted by atomic mass is 16.5. The molecule has 3 nitrogen and oxygen atoms in total. The van der Waals surface area contributed by atoms with Crippen LogP contribution < -0.4 is 0 Å². The summed E-state index contributed by atoms with van der Waals surface area (Å²) in [4.78, 5) is 0. The first-order valence-corrected chi connectivity index (χ1v) is 10.4. The fourth-order valence-corrected chi connectivity index (χ4v) is 2.93. The summed E-state index contributed by atoms with van der Waals surface area (Å²) < 4.78 is 5.91. The second-order valence-electron chi connectivity index (χ2n) is 7.50. The monoisotopic (exact) mass is 411 g/mol. The molecule has 2 aromatic rings. The Balaban J connectivity index is 2.14. The molecule has 158 valence electrons. The molecule has 0 aliphatic heterocycles. The van der Waals surface area contributed by atoms with Gasteiger partial charge >= 0.3 is 0 Å². The molecule has 0 aromatic heterocycles. The van der Waals surface area contributed by atoms with Crippen LogP contribution in [0.3, 0.4) is 0 Å². The summed E-state index contributed by atoms with van der Waals surface area (Å²) in [5.74, 6) is 7.48. The molecule has 0 atom stereocenters. The van der Waals surface area contributed by atoms with Crippen LogP contribution in [0.4, 0.5) is 0 Å². The van der Waals surface area contributed by atoms with Crippen LogP contribution in [-0.4, -0.2) is 11.7 Å². The second kappa shape index (κ2) is 12.1. The van der Waals surface area contributed by atoms with Crippen LogP contribution in [0.15, 0.2) is 72.0 Å². The Bertz CT molecular complexity index is 1100. The molecule has 3 heteroatoms. The maximum Gasteiger partial charge on any atom is 0.118 e. The van der Waals surface area contributed by atoms with Gasteiger partial charge in [-0.1, -0.05) is 29.6 Å². The first-order chi connectivity index (χ1) is 14.9. The van der Waals surface area contributed by atoms with Gasteiger partial charge in [0.05, 0.1) is 18.2 Å². The molecule has 0 saturated carbocycles. The average Bonchev–Trinajstić information content (AvgIpc) is 2.74. The van der Waals surface area contributed by atoms with E-state index in [0.717, 1.165) is 40.9 Å². The number of aromatic hydroxyl groups is 1. The van der Waals surface area contributed by atoms with Gasteiger partial charge in [0, 0.05) is 11.1 Å². The topological polar surface area (TPSA) is 53.2 Å². The first-order valence-electron chi connectivity index (χ1n) is 10.4. The number of nitriles is 1. The fourth-order valence-electron chi connectivity index (χ4n) is 2.93. The van der Waals surface area contributed by atoms with E-state index in [1.165, 1.54) is 5.57 Å². The van der Waals surface area contributed by atoms with Crippen molar-refractivity contribution in [1.29, 1.82) is 5.26 Å². The normalized spacial score (nSPS) is 10.9. The summed E-state index contributed by atoms with van der Waals surface area (Å²) in [5.41, 5.74) is 5.58. The summed E-state index contributed by atoms with van der Waals surface area (Å²) in [6, 6.07) is 13.0. The Morgan fingerprint density at radius 1 is 1.06 bits per heavy atom. The van der Waals surface area contributed by atoms with Gasteiger partial charge in [0.1, 0.15) is 11.5 Å². The first kappa shape index (κ1) is 23.6. The highest BCUT2D eigenvalue weighted by Crippen LogP contribution is 2.17. The van der Waals surface area contributed by atoms with Crippen molar-refractivity contribution in [1.82, 2.24) is 0 Å². The summed E-state index contributed by atoms with van der Waals surface area (Å²) in [6.07, 6.45) is 9.49. The molecule has 0 heterocycles. The minimum Gasteiger partial charge on any atom is -0.508 e. The lowest BCUT2D eigenvalue weighted by atomic mass is 10.00. The molecule has 0 bridgehead atoms. The highest BCUT2D eigenvalue weighted by molar-refractivity contribution is 5.52. The van der Waals surface area contributed by atoms with Gasteiger partial charge in [-0.3, -0.25) is 0 Å². The smallest absolute Gasteiger partial charge is 0.118 e. The van der Waals surface area contributed by atoms with E-state index in [0.29, 0.717) is 12.2 Å². The van der Waals surface area contributed by atoms with Crippen LogP contribution >= 0.6 is 0 Å². The van der Waals surface area contributed by atoms with Crippen LogP contribution in [0.5, 0.6) is 5.75 Å². The number of hydrogen-bond acceptors (Lipinski definition) is 3. The average molecular weight is 412 g/mol. The molecular formula is C28H29NO2. The molecule has 0 fully saturated rings. The Morgan fingerprint density at radius 3 is 2.48 bits per heavy atom. The number of benzene rings is 2. The van der Waals surface area contributed by atoms with E-state index in [1.807, 2.05) is 70.2 Å². The van der Waals surface area contributed by atoms with Gasteiger partial charge in [-0.25, -0.2) is 0 Å². The molecule has 0 saturated heterocycles. The third-order valence-electron chi connectivity index (χ3n) is 4.55. The van der Waals surface area contributed by atoms with Gasteiger partial charge in [-0.2, -0.15) is 5.26 Å². The summed E-state index contributed by atoms with van der Waals surface area (Å²) in [7, 11) is 0. The highest BCUT2D eigenvalue weighted by Gasteiger charge is 2.04. The Morgan fingerprint density at radius 2 is 1.81 bits per heavy atom. The molecule has 0 aliphatic carbocycles. The summed E-state index contributed by atoms with van der Waals surface area (Å²) in [5, 5.41) is 18.9. The van der Waals surface area contributed by atoms with E-state index in [4.69, 9.17) is 4.74 Å². The molecule has 1 N–H and O–H groups in total.